The summed E-state index contributed by atoms with van der Waals surface area (Å²) in [7, 11) is 0. The van der Waals surface area contributed by atoms with Gasteiger partial charge in [0.2, 0.25) is 0 Å². The summed E-state index contributed by atoms with van der Waals surface area (Å²) in [6, 6.07) is 7.29. The Morgan fingerprint density at radius 1 is 1.24 bits per heavy atom. The maximum atomic E-state index is 6.19. The van der Waals surface area contributed by atoms with Crippen molar-refractivity contribution in [3.05, 3.63) is 34.9 Å². The Hall–Kier alpha value is -0.820. The predicted octanol–water partition coefficient (Wildman–Crippen LogP) is 4.78. The molecule has 0 aliphatic heterocycles. The molecule has 3 rings (SSSR count). The zero-order valence-electron chi connectivity index (χ0n) is 14.2. The minimum Gasteiger partial charge on any atom is -0.330 e. The van der Waals surface area contributed by atoms with Gasteiger partial charge in [-0.3, -0.25) is 0 Å². The van der Waals surface area contributed by atoms with Gasteiger partial charge in [-0.1, -0.05) is 52.3 Å². The number of aryl methyl sites for hydroxylation is 1. The molecule has 0 spiro atoms. The minimum atomic E-state index is 0.335. The first-order valence-corrected chi connectivity index (χ1v) is 8.74. The van der Waals surface area contributed by atoms with Gasteiger partial charge in [0.25, 0.3) is 0 Å². The van der Waals surface area contributed by atoms with Crippen molar-refractivity contribution in [2.24, 2.45) is 17.1 Å². The molecule has 21 heavy (non-hydrogen) atoms. The van der Waals surface area contributed by atoms with Gasteiger partial charge in [0.15, 0.2) is 0 Å². The van der Waals surface area contributed by atoms with Crippen LogP contribution in [-0.2, 0) is 11.8 Å². The van der Waals surface area contributed by atoms with Crippen LogP contribution < -0.4 is 5.73 Å². The van der Waals surface area contributed by atoms with Crippen molar-refractivity contribution < 1.29 is 0 Å². The second kappa shape index (κ2) is 5.12. The van der Waals surface area contributed by atoms with Crippen LogP contribution in [0.1, 0.15) is 76.0 Å². The molecule has 3 atom stereocenters. The van der Waals surface area contributed by atoms with Crippen LogP contribution >= 0.6 is 0 Å². The van der Waals surface area contributed by atoms with Crippen LogP contribution in [-0.4, -0.2) is 6.54 Å². The SMILES string of the molecule is CC(C)c1ccc2c(c1)CC[C@@H]1[C@@](C)(CN)CCC[C@]21C. The van der Waals surface area contributed by atoms with Gasteiger partial charge in [0, 0.05) is 0 Å². The fourth-order valence-electron chi connectivity index (χ4n) is 5.25. The molecule has 0 unspecified atom stereocenters. The fourth-order valence-corrected chi connectivity index (χ4v) is 5.25. The van der Waals surface area contributed by atoms with Crippen molar-refractivity contribution >= 4 is 0 Å². The molecule has 1 saturated carbocycles. The third-order valence-electron chi connectivity index (χ3n) is 6.63. The molecule has 1 heteroatoms. The monoisotopic (exact) mass is 285 g/mol. The van der Waals surface area contributed by atoms with Crippen molar-refractivity contribution in [2.75, 3.05) is 6.54 Å². The summed E-state index contributed by atoms with van der Waals surface area (Å²) in [6.45, 7) is 10.4. The van der Waals surface area contributed by atoms with Crippen molar-refractivity contribution in [1.82, 2.24) is 0 Å². The highest BCUT2D eigenvalue weighted by atomic mass is 14.7. The third-order valence-corrected chi connectivity index (χ3v) is 6.63. The lowest BCUT2D eigenvalue weighted by molar-refractivity contribution is 0.0326. The Balaban J connectivity index is 2.05. The smallest absolute Gasteiger partial charge is 0.00202 e. The number of rotatable bonds is 2. The average Bonchev–Trinajstić information content (AvgIpc) is 2.46. The molecule has 0 heterocycles. The molecule has 0 saturated heterocycles. The molecule has 1 nitrogen and oxygen atoms in total. The fraction of sp³-hybridized carbons (Fsp3) is 0.700. The first-order chi connectivity index (χ1) is 9.90. The Morgan fingerprint density at radius 3 is 2.67 bits per heavy atom. The molecular weight excluding hydrogens is 254 g/mol. The standard InChI is InChI=1S/C20H31N/c1-14(2)15-6-8-17-16(12-15)7-9-18-19(3,13-21)10-5-11-20(17,18)4/h6,8,12,14,18H,5,7,9-11,13,21H2,1-4H3/t18-,19-,20-/m1/s1. The van der Waals surface area contributed by atoms with Crippen LogP contribution in [0.25, 0.3) is 0 Å². The first-order valence-electron chi connectivity index (χ1n) is 8.74. The lowest BCUT2D eigenvalue weighted by Crippen LogP contribution is -2.51. The van der Waals surface area contributed by atoms with Crippen molar-refractivity contribution in [1.29, 1.82) is 0 Å². The van der Waals surface area contributed by atoms with E-state index in [1.807, 2.05) is 0 Å². The van der Waals surface area contributed by atoms with E-state index in [0.29, 0.717) is 16.7 Å². The van der Waals surface area contributed by atoms with Gasteiger partial charge in [-0.05, 0) is 71.6 Å². The predicted molar refractivity (Wildman–Crippen MR) is 90.7 cm³/mol. The van der Waals surface area contributed by atoms with Crippen LogP contribution in [0.2, 0.25) is 0 Å². The molecule has 2 aliphatic carbocycles. The second-order valence-electron chi connectivity index (χ2n) is 8.29. The quantitative estimate of drug-likeness (QED) is 0.831. The van der Waals surface area contributed by atoms with Crippen LogP contribution in [0.4, 0.5) is 0 Å². The van der Waals surface area contributed by atoms with Crippen LogP contribution in [0.5, 0.6) is 0 Å². The minimum absolute atomic E-state index is 0.335. The van der Waals surface area contributed by atoms with E-state index in [2.05, 4.69) is 45.9 Å². The molecule has 116 valence electrons. The number of fused-ring (bicyclic) bond motifs is 3. The Kier molecular flexibility index (Phi) is 3.68. The zero-order valence-corrected chi connectivity index (χ0v) is 14.2. The summed E-state index contributed by atoms with van der Waals surface area (Å²) in [4.78, 5) is 0. The summed E-state index contributed by atoms with van der Waals surface area (Å²) in [6.07, 6.45) is 6.53. The van der Waals surface area contributed by atoms with Crippen molar-refractivity contribution in [3.8, 4) is 0 Å². The Bertz CT molecular complexity index is 533. The molecule has 1 aromatic carbocycles. The van der Waals surface area contributed by atoms with Crippen molar-refractivity contribution in [3.63, 3.8) is 0 Å². The number of hydrogen-bond donors (Lipinski definition) is 1. The van der Waals surface area contributed by atoms with E-state index in [-0.39, 0.29) is 0 Å². The largest absolute Gasteiger partial charge is 0.330 e. The third kappa shape index (κ3) is 2.25. The molecule has 2 aliphatic rings. The highest BCUT2D eigenvalue weighted by molar-refractivity contribution is 5.42. The Labute approximate surface area is 130 Å². The maximum absolute atomic E-state index is 6.19. The maximum Gasteiger partial charge on any atom is -0.00202 e. The molecule has 1 aromatic rings. The van der Waals surface area contributed by atoms with Gasteiger partial charge in [0.05, 0.1) is 0 Å². The van der Waals surface area contributed by atoms with Crippen LogP contribution in [0.15, 0.2) is 18.2 Å². The second-order valence-corrected chi connectivity index (χ2v) is 8.29. The van der Waals surface area contributed by atoms with Gasteiger partial charge >= 0.3 is 0 Å². The topological polar surface area (TPSA) is 26.0 Å². The molecule has 2 N–H and O–H groups in total. The van der Waals surface area contributed by atoms with E-state index in [0.717, 1.165) is 12.5 Å². The van der Waals surface area contributed by atoms with E-state index < -0.39 is 0 Å². The summed E-state index contributed by atoms with van der Waals surface area (Å²) < 4.78 is 0. The molecular formula is C20H31N. The number of benzene rings is 1. The van der Waals surface area contributed by atoms with E-state index in [1.165, 1.54) is 37.7 Å². The summed E-state index contributed by atoms with van der Waals surface area (Å²) in [5, 5.41) is 0. The Morgan fingerprint density at radius 2 is 2.00 bits per heavy atom. The highest BCUT2D eigenvalue weighted by Crippen LogP contribution is 2.56. The van der Waals surface area contributed by atoms with Gasteiger partial charge in [-0.15, -0.1) is 0 Å². The first kappa shape index (κ1) is 15.1. The van der Waals surface area contributed by atoms with Gasteiger partial charge in [0.1, 0.15) is 0 Å². The van der Waals surface area contributed by atoms with E-state index >= 15 is 0 Å². The van der Waals surface area contributed by atoms with Gasteiger partial charge < -0.3 is 5.73 Å². The molecule has 0 aromatic heterocycles. The van der Waals surface area contributed by atoms with Gasteiger partial charge in [-0.25, -0.2) is 0 Å². The molecule has 0 amide bonds. The number of hydrogen-bond acceptors (Lipinski definition) is 1. The van der Waals surface area contributed by atoms with E-state index in [4.69, 9.17) is 5.73 Å². The zero-order chi connectivity index (χ0) is 15.3. The lowest BCUT2D eigenvalue weighted by Gasteiger charge is -2.55. The highest BCUT2D eigenvalue weighted by Gasteiger charge is 2.50. The summed E-state index contributed by atoms with van der Waals surface area (Å²) in [5.41, 5.74) is 11.6. The lowest BCUT2D eigenvalue weighted by atomic mass is 9.50. The van der Waals surface area contributed by atoms with Crippen LogP contribution in [0.3, 0.4) is 0 Å². The summed E-state index contributed by atoms with van der Waals surface area (Å²) >= 11 is 0. The molecule has 0 radical (unpaired) electrons. The summed E-state index contributed by atoms with van der Waals surface area (Å²) in [5.74, 6) is 1.38. The molecule has 1 fully saturated rings. The molecule has 0 bridgehead atoms. The normalized spacial score (nSPS) is 35.4. The van der Waals surface area contributed by atoms with Crippen LogP contribution in [0, 0.1) is 11.3 Å². The number of nitrogens with two attached hydrogens (primary N) is 1. The average molecular weight is 285 g/mol. The van der Waals surface area contributed by atoms with Gasteiger partial charge in [-0.2, -0.15) is 0 Å². The van der Waals surface area contributed by atoms with E-state index in [1.54, 1.807) is 11.1 Å². The van der Waals surface area contributed by atoms with E-state index in [9.17, 15) is 0 Å². The van der Waals surface area contributed by atoms with Crippen molar-refractivity contribution in [2.45, 2.75) is 71.1 Å².